The molecule has 0 spiro atoms. The predicted molar refractivity (Wildman–Crippen MR) is 84.3 cm³/mol. The van der Waals surface area contributed by atoms with Crippen molar-refractivity contribution in [1.82, 2.24) is 5.43 Å². The Kier molecular flexibility index (Phi) is 4.13. The van der Waals surface area contributed by atoms with Crippen molar-refractivity contribution in [2.24, 2.45) is 22.9 Å². The van der Waals surface area contributed by atoms with E-state index in [2.05, 4.69) is 22.7 Å². The second-order valence-electron chi connectivity index (χ2n) is 5.73. The Morgan fingerprint density at radius 2 is 2.05 bits per heavy atom. The van der Waals surface area contributed by atoms with Crippen LogP contribution >= 0.6 is 0 Å². The van der Waals surface area contributed by atoms with Gasteiger partial charge in [-0.1, -0.05) is 12.2 Å². The monoisotopic (exact) mass is 300 g/mol. The normalized spacial score (nSPS) is 25.6. The smallest absolute Gasteiger partial charge is 0.271 e. The molecule has 5 nitrogen and oxygen atoms in total. The molecule has 0 aliphatic heterocycles. The number of rotatable bonds is 5. The summed E-state index contributed by atoms with van der Waals surface area (Å²) in [7, 11) is 3.10. The minimum Gasteiger partial charge on any atom is -0.493 e. The van der Waals surface area contributed by atoms with Gasteiger partial charge in [-0.2, -0.15) is 5.10 Å². The van der Waals surface area contributed by atoms with E-state index in [1.54, 1.807) is 32.4 Å². The summed E-state index contributed by atoms with van der Waals surface area (Å²) in [5.41, 5.74) is 3.07. The van der Waals surface area contributed by atoms with E-state index in [1.165, 1.54) is 6.42 Å². The topological polar surface area (TPSA) is 59.9 Å². The Hall–Kier alpha value is -2.30. The molecule has 0 aromatic heterocycles. The van der Waals surface area contributed by atoms with Gasteiger partial charge in [-0.05, 0) is 42.9 Å². The van der Waals surface area contributed by atoms with Gasteiger partial charge in [0.2, 0.25) is 0 Å². The number of nitrogens with one attached hydrogen (secondary N) is 1. The molecule has 2 bridgehead atoms. The highest BCUT2D eigenvalue weighted by Gasteiger charge is 2.34. The zero-order valence-electron chi connectivity index (χ0n) is 12.8. The van der Waals surface area contributed by atoms with E-state index in [-0.39, 0.29) is 5.91 Å². The molecule has 1 amide bonds. The highest BCUT2D eigenvalue weighted by atomic mass is 16.5. The standard InChI is InChI=1S/C17H20N2O3/c1-21-15-6-5-13(9-16(15)22-2)17(20)19-18-10-14-8-11-3-4-12(14)7-11/h3-6,9-12,14H,7-8H2,1-2H3,(H,19,20). The Bertz CT molecular complexity index is 624. The van der Waals surface area contributed by atoms with Crippen molar-refractivity contribution in [3.05, 3.63) is 35.9 Å². The molecule has 1 aromatic carbocycles. The predicted octanol–water partition coefficient (Wildman–Crippen LogP) is 2.63. The molecule has 1 saturated carbocycles. The van der Waals surface area contributed by atoms with Crippen LogP contribution in [0, 0.1) is 17.8 Å². The number of hydrogen-bond donors (Lipinski definition) is 1. The van der Waals surface area contributed by atoms with Gasteiger partial charge in [0.25, 0.3) is 5.91 Å². The highest BCUT2D eigenvalue weighted by molar-refractivity contribution is 5.95. The molecule has 1 N–H and O–H groups in total. The van der Waals surface area contributed by atoms with Crippen LogP contribution in [0.25, 0.3) is 0 Å². The number of hydrogen-bond acceptors (Lipinski definition) is 4. The summed E-state index contributed by atoms with van der Waals surface area (Å²) in [4.78, 5) is 12.1. The van der Waals surface area contributed by atoms with Gasteiger partial charge >= 0.3 is 0 Å². The number of ether oxygens (including phenoxy) is 2. The number of nitrogens with zero attached hydrogens (tertiary/aromatic N) is 1. The number of carbonyl (C=O) groups is 1. The first-order valence-electron chi connectivity index (χ1n) is 7.45. The summed E-state index contributed by atoms with van der Waals surface area (Å²) >= 11 is 0. The van der Waals surface area contributed by atoms with Crippen LogP contribution in [0.2, 0.25) is 0 Å². The molecule has 116 valence electrons. The molecule has 1 aromatic rings. The third-order valence-corrected chi connectivity index (χ3v) is 4.41. The van der Waals surface area contributed by atoms with Crippen LogP contribution in [-0.4, -0.2) is 26.3 Å². The number of fused-ring (bicyclic) bond motifs is 2. The number of carbonyl (C=O) groups excluding carboxylic acids is 1. The van der Waals surface area contributed by atoms with Gasteiger partial charge in [-0.15, -0.1) is 0 Å². The van der Waals surface area contributed by atoms with Crippen LogP contribution in [0.4, 0.5) is 0 Å². The van der Waals surface area contributed by atoms with Crippen LogP contribution in [0.3, 0.4) is 0 Å². The van der Waals surface area contributed by atoms with Crippen molar-refractivity contribution in [3.63, 3.8) is 0 Å². The minimum absolute atomic E-state index is 0.254. The van der Waals surface area contributed by atoms with Crippen LogP contribution in [0.5, 0.6) is 11.5 Å². The van der Waals surface area contributed by atoms with Gasteiger partial charge in [0.15, 0.2) is 11.5 Å². The minimum atomic E-state index is -0.254. The summed E-state index contributed by atoms with van der Waals surface area (Å²) < 4.78 is 10.4. The molecular formula is C17H20N2O3. The van der Waals surface area contributed by atoms with Crippen molar-refractivity contribution in [2.45, 2.75) is 12.8 Å². The number of benzene rings is 1. The van der Waals surface area contributed by atoms with Gasteiger partial charge in [0, 0.05) is 17.7 Å². The third kappa shape index (κ3) is 2.84. The third-order valence-electron chi connectivity index (χ3n) is 4.41. The zero-order valence-corrected chi connectivity index (χ0v) is 12.8. The van der Waals surface area contributed by atoms with Gasteiger partial charge < -0.3 is 9.47 Å². The lowest BCUT2D eigenvalue weighted by Gasteiger charge is -2.12. The first kappa shape index (κ1) is 14.6. The average molecular weight is 300 g/mol. The number of allylic oxidation sites excluding steroid dienone is 2. The molecule has 1 fully saturated rings. The summed E-state index contributed by atoms with van der Waals surface area (Å²) in [5.74, 6) is 2.60. The zero-order chi connectivity index (χ0) is 15.5. The Morgan fingerprint density at radius 1 is 1.23 bits per heavy atom. The fraction of sp³-hybridized carbons (Fsp3) is 0.412. The van der Waals surface area contributed by atoms with Crippen molar-refractivity contribution in [1.29, 1.82) is 0 Å². The van der Waals surface area contributed by atoms with Crippen molar-refractivity contribution in [2.75, 3.05) is 14.2 Å². The van der Waals surface area contributed by atoms with E-state index in [4.69, 9.17) is 9.47 Å². The maximum Gasteiger partial charge on any atom is 0.271 e. The van der Waals surface area contributed by atoms with Crippen molar-refractivity contribution in [3.8, 4) is 11.5 Å². The van der Waals surface area contributed by atoms with Gasteiger partial charge in [0.1, 0.15) is 0 Å². The van der Waals surface area contributed by atoms with E-state index in [0.29, 0.717) is 34.8 Å². The fourth-order valence-corrected chi connectivity index (χ4v) is 3.23. The maximum absolute atomic E-state index is 12.1. The maximum atomic E-state index is 12.1. The van der Waals surface area contributed by atoms with Crippen LogP contribution in [0.15, 0.2) is 35.5 Å². The molecule has 0 saturated heterocycles. The van der Waals surface area contributed by atoms with Crippen molar-refractivity contribution >= 4 is 12.1 Å². The van der Waals surface area contributed by atoms with Crippen LogP contribution < -0.4 is 14.9 Å². The molecule has 22 heavy (non-hydrogen) atoms. The summed E-state index contributed by atoms with van der Waals surface area (Å²) in [6, 6.07) is 5.04. The van der Waals surface area contributed by atoms with E-state index < -0.39 is 0 Å². The van der Waals surface area contributed by atoms with Crippen molar-refractivity contribution < 1.29 is 14.3 Å². The number of methoxy groups -OCH3 is 2. The van der Waals surface area contributed by atoms with E-state index >= 15 is 0 Å². The van der Waals surface area contributed by atoms with Crippen LogP contribution in [0.1, 0.15) is 23.2 Å². The molecule has 2 aliphatic rings. The second kappa shape index (κ2) is 6.22. The number of amides is 1. The summed E-state index contributed by atoms with van der Waals surface area (Å²) in [6.07, 6.45) is 8.78. The molecule has 2 aliphatic carbocycles. The Morgan fingerprint density at radius 3 is 2.68 bits per heavy atom. The lowest BCUT2D eigenvalue weighted by Crippen LogP contribution is -2.19. The quantitative estimate of drug-likeness (QED) is 0.516. The fourth-order valence-electron chi connectivity index (χ4n) is 3.23. The molecule has 3 atom stereocenters. The molecule has 5 heteroatoms. The van der Waals surface area contributed by atoms with E-state index in [1.807, 2.05) is 6.21 Å². The van der Waals surface area contributed by atoms with E-state index in [9.17, 15) is 4.79 Å². The van der Waals surface area contributed by atoms with E-state index in [0.717, 1.165) is 6.42 Å². The molecule has 3 unspecified atom stereocenters. The number of hydrazone groups is 1. The highest BCUT2D eigenvalue weighted by Crippen LogP contribution is 2.42. The lowest BCUT2D eigenvalue weighted by atomic mass is 9.95. The van der Waals surface area contributed by atoms with Gasteiger partial charge in [-0.25, -0.2) is 5.43 Å². The Labute approximate surface area is 130 Å². The summed E-state index contributed by atoms with van der Waals surface area (Å²) in [6.45, 7) is 0. The molecule has 3 rings (SSSR count). The first-order chi connectivity index (χ1) is 10.7. The first-order valence-corrected chi connectivity index (χ1v) is 7.45. The van der Waals surface area contributed by atoms with Crippen LogP contribution in [-0.2, 0) is 0 Å². The summed E-state index contributed by atoms with van der Waals surface area (Å²) in [5, 5.41) is 4.12. The lowest BCUT2D eigenvalue weighted by molar-refractivity contribution is 0.0954. The average Bonchev–Trinajstić information content (AvgIpc) is 3.17. The van der Waals surface area contributed by atoms with Gasteiger partial charge in [0.05, 0.1) is 14.2 Å². The molecular weight excluding hydrogens is 280 g/mol. The molecule has 0 radical (unpaired) electrons. The SMILES string of the molecule is COc1ccc(C(=O)NN=CC2CC3C=CC2C3)cc1OC. The Balaban J connectivity index is 1.61. The molecule has 0 heterocycles. The van der Waals surface area contributed by atoms with Gasteiger partial charge in [-0.3, -0.25) is 4.79 Å². The second-order valence-corrected chi connectivity index (χ2v) is 5.73. The largest absolute Gasteiger partial charge is 0.493 e.